The Hall–Kier alpha value is -0.870. The minimum atomic E-state index is 0.163. The lowest BCUT2D eigenvalue weighted by molar-refractivity contribution is 0.0649. The highest BCUT2D eigenvalue weighted by molar-refractivity contribution is 9.10. The zero-order valence-corrected chi connectivity index (χ0v) is 13.9. The number of amides is 1. The molecule has 1 heterocycles. The first-order valence-electron chi connectivity index (χ1n) is 7.41. The second-order valence-corrected chi connectivity index (χ2v) is 6.32. The first-order chi connectivity index (χ1) is 9.63. The number of hydrogen-bond acceptors (Lipinski definition) is 2. The molecule has 1 fully saturated rings. The van der Waals surface area contributed by atoms with E-state index in [2.05, 4.69) is 33.1 Å². The van der Waals surface area contributed by atoms with E-state index in [0.29, 0.717) is 6.04 Å². The van der Waals surface area contributed by atoms with E-state index in [1.807, 2.05) is 25.1 Å². The molecule has 1 unspecified atom stereocenters. The van der Waals surface area contributed by atoms with E-state index in [9.17, 15) is 4.79 Å². The van der Waals surface area contributed by atoms with Crippen molar-refractivity contribution >= 4 is 21.8 Å². The van der Waals surface area contributed by atoms with E-state index in [4.69, 9.17) is 0 Å². The van der Waals surface area contributed by atoms with Crippen LogP contribution in [-0.2, 0) is 0 Å². The number of carbonyl (C=O) groups is 1. The molecule has 1 N–H and O–H groups in total. The summed E-state index contributed by atoms with van der Waals surface area (Å²) in [6, 6.07) is 6.19. The molecular weight excluding hydrogens is 316 g/mol. The Labute approximate surface area is 129 Å². The van der Waals surface area contributed by atoms with Crippen LogP contribution in [-0.4, -0.2) is 36.5 Å². The third-order valence-electron chi connectivity index (χ3n) is 3.84. The van der Waals surface area contributed by atoms with Crippen molar-refractivity contribution in [2.45, 2.75) is 39.2 Å². The molecular formula is C16H23BrN2O. The summed E-state index contributed by atoms with van der Waals surface area (Å²) in [5, 5.41) is 3.40. The van der Waals surface area contributed by atoms with Gasteiger partial charge in [0.15, 0.2) is 0 Å². The molecule has 110 valence electrons. The summed E-state index contributed by atoms with van der Waals surface area (Å²) < 4.78 is 1.05. The first kappa shape index (κ1) is 15.5. The van der Waals surface area contributed by atoms with Gasteiger partial charge in [-0.2, -0.15) is 0 Å². The van der Waals surface area contributed by atoms with Crippen LogP contribution in [0.25, 0.3) is 0 Å². The van der Waals surface area contributed by atoms with E-state index >= 15 is 0 Å². The Bertz CT molecular complexity index is 470. The van der Waals surface area contributed by atoms with Crippen LogP contribution in [0, 0.1) is 6.92 Å². The van der Waals surface area contributed by atoms with Gasteiger partial charge in [0.25, 0.3) is 5.91 Å². The van der Waals surface area contributed by atoms with E-state index in [1.54, 1.807) is 0 Å². The minimum Gasteiger partial charge on any atom is -0.334 e. The van der Waals surface area contributed by atoms with Gasteiger partial charge in [0, 0.05) is 29.2 Å². The fourth-order valence-corrected chi connectivity index (χ4v) is 2.98. The van der Waals surface area contributed by atoms with E-state index in [0.717, 1.165) is 54.5 Å². The molecule has 20 heavy (non-hydrogen) atoms. The van der Waals surface area contributed by atoms with Crippen molar-refractivity contribution in [3.8, 4) is 0 Å². The first-order valence-corrected chi connectivity index (χ1v) is 8.20. The Kier molecular flexibility index (Phi) is 5.61. The van der Waals surface area contributed by atoms with Gasteiger partial charge in [-0.05, 0) is 56.5 Å². The topological polar surface area (TPSA) is 32.3 Å². The molecule has 0 aromatic heterocycles. The quantitative estimate of drug-likeness (QED) is 0.912. The van der Waals surface area contributed by atoms with Crippen LogP contribution in [0.15, 0.2) is 22.7 Å². The van der Waals surface area contributed by atoms with Crippen LogP contribution in [0.2, 0.25) is 0 Å². The van der Waals surface area contributed by atoms with Gasteiger partial charge in [0.05, 0.1) is 0 Å². The number of nitrogens with zero attached hydrogens (tertiary/aromatic N) is 1. The molecule has 0 saturated carbocycles. The van der Waals surface area contributed by atoms with Crippen molar-refractivity contribution in [2.75, 3.05) is 19.6 Å². The van der Waals surface area contributed by atoms with Crippen molar-refractivity contribution in [3.05, 3.63) is 33.8 Å². The third kappa shape index (κ3) is 3.61. The highest BCUT2D eigenvalue weighted by atomic mass is 79.9. The van der Waals surface area contributed by atoms with Gasteiger partial charge in [0.1, 0.15) is 0 Å². The van der Waals surface area contributed by atoms with Crippen LogP contribution in [0.1, 0.15) is 42.1 Å². The molecule has 1 saturated heterocycles. The van der Waals surface area contributed by atoms with Gasteiger partial charge in [-0.15, -0.1) is 0 Å². The molecule has 0 aliphatic carbocycles. The fourth-order valence-electron chi connectivity index (χ4n) is 2.73. The number of benzene rings is 1. The maximum absolute atomic E-state index is 12.8. The highest BCUT2D eigenvalue weighted by Crippen LogP contribution is 2.20. The van der Waals surface area contributed by atoms with Crippen molar-refractivity contribution < 1.29 is 4.79 Å². The molecule has 0 bridgehead atoms. The van der Waals surface area contributed by atoms with E-state index in [-0.39, 0.29) is 5.91 Å². The Morgan fingerprint density at radius 3 is 2.90 bits per heavy atom. The van der Waals surface area contributed by atoms with Gasteiger partial charge in [-0.25, -0.2) is 0 Å². The molecule has 1 aliphatic rings. The van der Waals surface area contributed by atoms with Crippen molar-refractivity contribution in [1.82, 2.24) is 10.2 Å². The zero-order valence-electron chi connectivity index (χ0n) is 12.3. The lowest BCUT2D eigenvalue weighted by Gasteiger charge is -2.34. The van der Waals surface area contributed by atoms with Crippen LogP contribution < -0.4 is 5.32 Å². The molecule has 1 aliphatic heterocycles. The monoisotopic (exact) mass is 338 g/mol. The second-order valence-electron chi connectivity index (χ2n) is 5.46. The lowest BCUT2D eigenvalue weighted by atomic mass is 10.0. The number of halogens is 1. The molecule has 4 heteroatoms. The number of carbonyl (C=O) groups excluding carboxylic acids is 1. The molecule has 1 aromatic rings. The van der Waals surface area contributed by atoms with Gasteiger partial charge in [-0.3, -0.25) is 4.79 Å². The standard InChI is InChI=1S/C16H23BrN2O/c1-3-9-19(14-5-4-8-18-11-14)16(20)13-6-7-15(17)12(2)10-13/h6-7,10,14,18H,3-5,8-9,11H2,1-2H3. The maximum atomic E-state index is 12.8. The third-order valence-corrected chi connectivity index (χ3v) is 4.73. The number of hydrogen-bond donors (Lipinski definition) is 1. The maximum Gasteiger partial charge on any atom is 0.254 e. The smallest absolute Gasteiger partial charge is 0.254 e. The van der Waals surface area contributed by atoms with Gasteiger partial charge in [-0.1, -0.05) is 22.9 Å². The molecule has 0 radical (unpaired) electrons. The normalized spacial score (nSPS) is 18.9. The highest BCUT2D eigenvalue weighted by Gasteiger charge is 2.25. The summed E-state index contributed by atoms with van der Waals surface area (Å²) in [6.45, 7) is 6.97. The number of rotatable bonds is 4. The molecule has 1 aromatic carbocycles. The summed E-state index contributed by atoms with van der Waals surface area (Å²) in [5.74, 6) is 0.163. The Morgan fingerprint density at radius 2 is 2.30 bits per heavy atom. The summed E-state index contributed by atoms with van der Waals surface area (Å²) in [7, 11) is 0. The largest absolute Gasteiger partial charge is 0.334 e. The van der Waals surface area contributed by atoms with E-state index < -0.39 is 0 Å². The Morgan fingerprint density at radius 1 is 1.50 bits per heavy atom. The number of piperidine rings is 1. The Balaban J connectivity index is 2.18. The SMILES string of the molecule is CCCN(C(=O)c1ccc(Br)c(C)c1)C1CCCNC1. The minimum absolute atomic E-state index is 0.163. The molecule has 1 amide bonds. The summed E-state index contributed by atoms with van der Waals surface area (Å²) in [5.41, 5.74) is 1.90. The predicted molar refractivity (Wildman–Crippen MR) is 86.1 cm³/mol. The molecule has 3 nitrogen and oxygen atoms in total. The average molecular weight is 339 g/mol. The number of aryl methyl sites for hydroxylation is 1. The van der Waals surface area contributed by atoms with Crippen LogP contribution >= 0.6 is 15.9 Å². The lowest BCUT2D eigenvalue weighted by Crippen LogP contribution is -2.49. The van der Waals surface area contributed by atoms with Crippen LogP contribution in [0.4, 0.5) is 0 Å². The summed E-state index contributed by atoms with van der Waals surface area (Å²) in [4.78, 5) is 14.8. The second kappa shape index (κ2) is 7.23. The summed E-state index contributed by atoms with van der Waals surface area (Å²) in [6.07, 6.45) is 3.25. The summed E-state index contributed by atoms with van der Waals surface area (Å²) >= 11 is 3.49. The molecule has 0 spiro atoms. The zero-order chi connectivity index (χ0) is 14.5. The fraction of sp³-hybridized carbons (Fsp3) is 0.562. The van der Waals surface area contributed by atoms with Crippen molar-refractivity contribution in [2.24, 2.45) is 0 Å². The van der Waals surface area contributed by atoms with Gasteiger partial charge >= 0.3 is 0 Å². The van der Waals surface area contributed by atoms with Crippen molar-refractivity contribution in [3.63, 3.8) is 0 Å². The average Bonchev–Trinajstić information content (AvgIpc) is 2.48. The van der Waals surface area contributed by atoms with Gasteiger partial charge in [0.2, 0.25) is 0 Å². The number of nitrogens with one attached hydrogen (secondary N) is 1. The van der Waals surface area contributed by atoms with Crippen molar-refractivity contribution in [1.29, 1.82) is 0 Å². The van der Waals surface area contributed by atoms with Gasteiger partial charge < -0.3 is 10.2 Å². The molecule has 2 rings (SSSR count). The predicted octanol–water partition coefficient (Wildman–Crippen LogP) is 3.36. The van der Waals surface area contributed by atoms with Crippen LogP contribution in [0.5, 0.6) is 0 Å². The molecule has 1 atom stereocenters. The van der Waals surface area contributed by atoms with Crippen LogP contribution in [0.3, 0.4) is 0 Å². The van der Waals surface area contributed by atoms with E-state index in [1.165, 1.54) is 0 Å².